The molecule has 0 aromatic rings. The zero-order valence-corrected chi connectivity index (χ0v) is 5.68. The molecule has 0 radical (unpaired) electrons. The number of halogens is 1. The molecule has 0 unspecified atom stereocenters. The Balaban J connectivity index is 3.60. The number of esters is 1. The van der Waals surface area contributed by atoms with Crippen molar-refractivity contribution in [1.82, 2.24) is 0 Å². The van der Waals surface area contributed by atoms with Crippen LogP contribution in [-0.4, -0.2) is 18.0 Å². The summed E-state index contributed by atoms with van der Waals surface area (Å²) in [5.74, 6) is -0.460. The third-order valence-corrected chi connectivity index (χ3v) is 0.873. The van der Waals surface area contributed by atoms with Crippen molar-refractivity contribution in [2.45, 2.75) is 13.0 Å². The molecule has 0 aliphatic rings. The molecule has 3 nitrogen and oxygen atoms in total. The summed E-state index contributed by atoms with van der Waals surface area (Å²) in [7, 11) is 0. The van der Waals surface area contributed by atoms with Crippen LogP contribution in [0, 0.1) is 11.3 Å². The van der Waals surface area contributed by atoms with Crippen LogP contribution in [0.25, 0.3) is 0 Å². The minimum atomic E-state index is -0.802. The first-order valence-corrected chi connectivity index (χ1v) is 2.87. The highest BCUT2D eigenvalue weighted by Crippen LogP contribution is 1.92. The SMILES string of the molecule is CC(=O)O[C@@H](C#N)CCl. The van der Waals surface area contributed by atoms with Crippen LogP contribution in [0.2, 0.25) is 0 Å². The van der Waals surface area contributed by atoms with Crippen LogP contribution >= 0.6 is 11.6 Å². The Labute approximate surface area is 58.2 Å². The van der Waals surface area contributed by atoms with Crippen LogP contribution in [0.4, 0.5) is 0 Å². The fourth-order valence-electron chi connectivity index (χ4n) is 0.293. The lowest BCUT2D eigenvalue weighted by Gasteiger charge is -2.02. The van der Waals surface area contributed by atoms with Gasteiger partial charge in [-0.25, -0.2) is 0 Å². The van der Waals surface area contributed by atoms with Crippen molar-refractivity contribution in [2.75, 3.05) is 5.88 Å². The lowest BCUT2D eigenvalue weighted by molar-refractivity contribution is -0.142. The van der Waals surface area contributed by atoms with E-state index in [1.807, 2.05) is 0 Å². The second kappa shape index (κ2) is 4.16. The van der Waals surface area contributed by atoms with Crippen molar-refractivity contribution in [3.8, 4) is 6.07 Å². The van der Waals surface area contributed by atoms with Crippen molar-refractivity contribution < 1.29 is 9.53 Å². The maximum Gasteiger partial charge on any atom is 0.303 e. The molecule has 0 saturated carbocycles. The number of hydrogen-bond acceptors (Lipinski definition) is 3. The fraction of sp³-hybridized carbons (Fsp3) is 0.600. The van der Waals surface area contributed by atoms with Gasteiger partial charge < -0.3 is 4.74 Å². The van der Waals surface area contributed by atoms with E-state index in [1.165, 1.54) is 6.92 Å². The zero-order chi connectivity index (χ0) is 7.28. The van der Waals surface area contributed by atoms with E-state index in [0.717, 1.165) is 0 Å². The van der Waals surface area contributed by atoms with Crippen LogP contribution in [0.5, 0.6) is 0 Å². The highest BCUT2D eigenvalue weighted by atomic mass is 35.5. The van der Waals surface area contributed by atoms with Gasteiger partial charge in [0.25, 0.3) is 0 Å². The summed E-state index contributed by atoms with van der Waals surface area (Å²) in [5.41, 5.74) is 0. The van der Waals surface area contributed by atoms with E-state index in [4.69, 9.17) is 16.9 Å². The number of alkyl halides is 1. The quantitative estimate of drug-likeness (QED) is 0.426. The summed E-state index contributed by atoms with van der Waals surface area (Å²) in [5, 5.41) is 8.16. The van der Waals surface area contributed by atoms with Crippen molar-refractivity contribution in [1.29, 1.82) is 5.26 Å². The molecule has 0 aromatic heterocycles. The Morgan fingerprint density at radius 1 is 2.00 bits per heavy atom. The lowest BCUT2D eigenvalue weighted by atomic mass is 10.4. The number of rotatable bonds is 2. The molecular formula is C5H6ClNO2. The molecule has 0 aliphatic heterocycles. The summed E-state index contributed by atoms with van der Waals surface area (Å²) in [6.07, 6.45) is -0.802. The number of carbonyl (C=O) groups excluding carboxylic acids is 1. The van der Waals surface area contributed by atoms with Gasteiger partial charge in [-0.15, -0.1) is 11.6 Å². The van der Waals surface area contributed by atoms with E-state index in [1.54, 1.807) is 6.07 Å². The topological polar surface area (TPSA) is 50.1 Å². The monoisotopic (exact) mass is 147 g/mol. The first-order chi connectivity index (χ1) is 4.20. The summed E-state index contributed by atoms with van der Waals surface area (Å²) < 4.78 is 4.42. The van der Waals surface area contributed by atoms with E-state index in [0.29, 0.717) is 0 Å². The van der Waals surface area contributed by atoms with Crippen LogP contribution in [0.15, 0.2) is 0 Å². The summed E-state index contributed by atoms with van der Waals surface area (Å²) in [6.45, 7) is 1.23. The first kappa shape index (κ1) is 8.25. The number of ether oxygens (including phenoxy) is 1. The normalized spacial score (nSPS) is 11.7. The lowest BCUT2D eigenvalue weighted by Crippen LogP contribution is -2.15. The average Bonchev–Trinajstić information content (AvgIpc) is 1.82. The van der Waals surface area contributed by atoms with E-state index in [9.17, 15) is 4.79 Å². The minimum absolute atomic E-state index is 0.0239. The van der Waals surface area contributed by atoms with Crippen molar-refractivity contribution in [2.24, 2.45) is 0 Å². The average molecular weight is 148 g/mol. The van der Waals surface area contributed by atoms with Crippen LogP contribution in [0.1, 0.15) is 6.92 Å². The maximum atomic E-state index is 10.1. The Hall–Kier alpha value is -0.750. The molecular weight excluding hydrogens is 142 g/mol. The largest absolute Gasteiger partial charge is 0.446 e. The molecule has 0 rings (SSSR count). The van der Waals surface area contributed by atoms with Gasteiger partial charge in [0.2, 0.25) is 6.10 Å². The van der Waals surface area contributed by atoms with Gasteiger partial charge in [0, 0.05) is 6.92 Å². The van der Waals surface area contributed by atoms with Crippen molar-refractivity contribution in [3.63, 3.8) is 0 Å². The Morgan fingerprint density at radius 3 is 2.67 bits per heavy atom. The molecule has 0 spiro atoms. The highest BCUT2D eigenvalue weighted by molar-refractivity contribution is 6.18. The Bertz CT molecular complexity index is 140. The second-order valence-electron chi connectivity index (χ2n) is 1.38. The summed E-state index contributed by atoms with van der Waals surface area (Å²) in [6, 6.07) is 1.71. The fourth-order valence-corrected chi connectivity index (χ4v) is 0.425. The molecule has 50 valence electrons. The first-order valence-electron chi connectivity index (χ1n) is 2.33. The summed E-state index contributed by atoms with van der Waals surface area (Å²) in [4.78, 5) is 10.1. The summed E-state index contributed by atoms with van der Waals surface area (Å²) >= 11 is 5.21. The maximum absolute atomic E-state index is 10.1. The van der Waals surface area contributed by atoms with E-state index >= 15 is 0 Å². The third kappa shape index (κ3) is 3.80. The molecule has 0 heterocycles. The van der Waals surface area contributed by atoms with Gasteiger partial charge in [-0.2, -0.15) is 5.26 Å². The van der Waals surface area contributed by atoms with E-state index in [2.05, 4.69) is 4.74 Å². The molecule has 0 bridgehead atoms. The van der Waals surface area contributed by atoms with Crippen molar-refractivity contribution >= 4 is 17.6 Å². The Kier molecular flexibility index (Phi) is 3.81. The molecule has 0 saturated heterocycles. The van der Waals surface area contributed by atoms with Gasteiger partial charge in [0.05, 0.1) is 5.88 Å². The van der Waals surface area contributed by atoms with E-state index < -0.39 is 12.1 Å². The van der Waals surface area contributed by atoms with Crippen LogP contribution < -0.4 is 0 Å². The molecule has 0 N–H and O–H groups in total. The van der Waals surface area contributed by atoms with Crippen LogP contribution in [-0.2, 0) is 9.53 Å². The standard InChI is InChI=1S/C5H6ClNO2/c1-4(8)9-5(2-6)3-7/h5H,2H2,1H3/t5-/m1/s1. The third-order valence-electron chi connectivity index (χ3n) is 0.592. The van der Waals surface area contributed by atoms with Gasteiger partial charge in [-0.05, 0) is 0 Å². The molecule has 4 heteroatoms. The van der Waals surface area contributed by atoms with Gasteiger partial charge in [0.15, 0.2) is 0 Å². The van der Waals surface area contributed by atoms with Gasteiger partial charge >= 0.3 is 5.97 Å². The molecule has 0 amide bonds. The van der Waals surface area contributed by atoms with Gasteiger partial charge in [-0.3, -0.25) is 4.79 Å². The van der Waals surface area contributed by atoms with E-state index in [-0.39, 0.29) is 5.88 Å². The van der Waals surface area contributed by atoms with Crippen molar-refractivity contribution in [3.05, 3.63) is 0 Å². The van der Waals surface area contributed by atoms with Gasteiger partial charge in [0.1, 0.15) is 6.07 Å². The number of carbonyl (C=O) groups is 1. The predicted molar refractivity (Wildman–Crippen MR) is 31.9 cm³/mol. The molecule has 0 fully saturated rings. The molecule has 9 heavy (non-hydrogen) atoms. The Morgan fingerprint density at radius 2 is 2.56 bits per heavy atom. The van der Waals surface area contributed by atoms with Gasteiger partial charge in [-0.1, -0.05) is 0 Å². The number of nitrogens with zero attached hydrogens (tertiary/aromatic N) is 1. The van der Waals surface area contributed by atoms with Crippen LogP contribution in [0.3, 0.4) is 0 Å². The number of hydrogen-bond donors (Lipinski definition) is 0. The highest BCUT2D eigenvalue weighted by Gasteiger charge is 2.06. The zero-order valence-electron chi connectivity index (χ0n) is 4.93. The molecule has 0 aromatic carbocycles. The second-order valence-corrected chi connectivity index (χ2v) is 1.69. The minimum Gasteiger partial charge on any atom is -0.446 e. The predicted octanol–water partition coefficient (Wildman–Crippen LogP) is 0.680. The molecule has 0 aliphatic carbocycles. The molecule has 1 atom stereocenters. The number of nitriles is 1. The smallest absolute Gasteiger partial charge is 0.303 e.